The summed E-state index contributed by atoms with van der Waals surface area (Å²) in [4.78, 5) is 0. The molecule has 0 saturated heterocycles. The molecule has 74 valence electrons. The summed E-state index contributed by atoms with van der Waals surface area (Å²) in [6, 6.07) is 0.638. The first-order valence-corrected chi connectivity index (χ1v) is 4.45. The molecule has 0 radical (unpaired) electrons. The molecule has 1 aromatic rings. The van der Waals surface area contributed by atoms with Crippen molar-refractivity contribution in [2.24, 2.45) is 0 Å². The Morgan fingerprint density at radius 3 is 1.62 bits per heavy atom. The third kappa shape index (κ3) is 2.93. The van der Waals surface area contributed by atoms with Crippen LogP contribution in [0.1, 0.15) is 27.7 Å². The van der Waals surface area contributed by atoms with E-state index in [9.17, 15) is 0 Å². The molecule has 13 heavy (non-hydrogen) atoms. The van der Waals surface area contributed by atoms with Gasteiger partial charge in [-0.15, -0.1) is 0 Å². The minimum atomic E-state index is 0.319. The van der Waals surface area contributed by atoms with Crippen molar-refractivity contribution in [3.63, 3.8) is 0 Å². The van der Waals surface area contributed by atoms with Crippen LogP contribution in [0.5, 0.6) is 0 Å². The first-order valence-electron chi connectivity index (χ1n) is 4.45. The van der Waals surface area contributed by atoms with Crippen LogP contribution in [0.25, 0.3) is 0 Å². The van der Waals surface area contributed by atoms with Gasteiger partial charge in [-0.2, -0.15) is 0 Å². The molecule has 0 bridgehead atoms. The lowest BCUT2D eigenvalue weighted by molar-refractivity contribution is 0.310. The van der Waals surface area contributed by atoms with Gasteiger partial charge in [0.25, 0.3) is 0 Å². The van der Waals surface area contributed by atoms with Gasteiger partial charge in [0.05, 0.1) is 0 Å². The minimum Gasteiger partial charge on any atom is -0.362 e. The molecule has 0 saturated carbocycles. The third-order valence-corrected chi connectivity index (χ3v) is 1.34. The summed E-state index contributed by atoms with van der Waals surface area (Å²) >= 11 is 0. The molecule has 0 amide bonds. The van der Waals surface area contributed by atoms with E-state index >= 15 is 0 Å². The Hall–Kier alpha value is -1.26. The van der Waals surface area contributed by atoms with Crippen LogP contribution in [0.3, 0.4) is 0 Å². The SMILES string of the molecule is CC(C)Nc1nonc1NC(C)C. The number of rotatable bonds is 4. The van der Waals surface area contributed by atoms with E-state index in [1.807, 2.05) is 27.7 Å². The second-order valence-corrected chi connectivity index (χ2v) is 3.56. The Bertz CT molecular complexity index is 232. The fraction of sp³-hybridized carbons (Fsp3) is 0.750. The van der Waals surface area contributed by atoms with Crippen molar-refractivity contribution in [2.45, 2.75) is 39.8 Å². The van der Waals surface area contributed by atoms with Crippen molar-refractivity contribution in [1.82, 2.24) is 10.3 Å². The van der Waals surface area contributed by atoms with Crippen LogP contribution in [0, 0.1) is 0 Å². The number of nitrogens with one attached hydrogen (secondary N) is 2. The molecule has 0 aromatic carbocycles. The Morgan fingerprint density at radius 1 is 0.923 bits per heavy atom. The molecule has 1 heterocycles. The smallest absolute Gasteiger partial charge is 0.215 e. The maximum atomic E-state index is 4.62. The van der Waals surface area contributed by atoms with Crippen molar-refractivity contribution >= 4 is 11.6 Å². The van der Waals surface area contributed by atoms with E-state index in [1.54, 1.807) is 0 Å². The van der Waals surface area contributed by atoms with Crippen LogP contribution in [0.2, 0.25) is 0 Å². The van der Waals surface area contributed by atoms with Crippen LogP contribution in [0.15, 0.2) is 4.63 Å². The first kappa shape index (κ1) is 9.83. The van der Waals surface area contributed by atoms with Gasteiger partial charge in [-0.25, -0.2) is 4.63 Å². The van der Waals surface area contributed by atoms with E-state index in [1.165, 1.54) is 0 Å². The van der Waals surface area contributed by atoms with Gasteiger partial charge in [-0.3, -0.25) is 0 Å². The van der Waals surface area contributed by atoms with Gasteiger partial charge in [0.15, 0.2) is 0 Å². The van der Waals surface area contributed by atoms with Gasteiger partial charge < -0.3 is 10.6 Å². The highest BCUT2D eigenvalue weighted by Gasteiger charge is 2.10. The minimum absolute atomic E-state index is 0.319. The largest absolute Gasteiger partial charge is 0.362 e. The zero-order valence-corrected chi connectivity index (χ0v) is 8.46. The van der Waals surface area contributed by atoms with Crippen LogP contribution < -0.4 is 10.6 Å². The average molecular weight is 184 g/mol. The standard InChI is InChI=1S/C8H16N4O/c1-5(2)9-7-8(10-6(3)4)12-13-11-7/h5-6H,1-4H3,(H,9,11)(H,10,12). The summed E-state index contributed by atoms with van der Waals surface area (Å²) in [5.74, 6) is 1.34. The highest BCUT2D eigenvalue weighted by Crippen LogP contribution is 2.17. The van der Waals surface area contributed by atoms with Crippen molar-refractivity contribution < 1.29 is 4.63 Å². The molecular weight excluding hydrogens is 168 g/mol. The first-order chi connectivity index (χ1) is 6.09. The van der Waals surface area contributed by atoms with Crippen LogP contribution in [-0.2, 0) is 0 Å². The number of hydrogen-bond acceptors (Lipinski definition) is 5. The summed E-state index contributed by atoms with van der Waals surface area (Å²) < 4.78 is 4.62. The maximum Gasteiger partial charge on any atom is 0.215 e. The Balaban J connectivity index is 2.65. The summed E-state index contributed by atoms with van der Waals surface area (Å²) in [7, 11) is 0. The highest BCUT2D eigenvalue weighted by atomic mass is 16.6. The summed E-state index contributed by atoms with van der Waals surface area (Å²) in [6.07, 6.45) is 0. The van der Waals surface area contributed by atoms with Crippen molar-refractivity contribution in [1.29, 1.82) is 0 Å². The lowest BCUT2D eigenvalue weighted by atomic mass is 10.3. The second kappa shape index (κ2) is 4.11. The number of anilines is 2. The molecule has 5 heteroatoms. The maximum absolute atomic E-state index is 4.62. The summed E-state index contributed by atoms with van der Waals surface area (Å²) in [5.41, 5.74) is 0. The van der Waals surface area contributed by atoms with Gasteiger partial charge in [-0.05, 0) is 38.0 Å². The van der Waals surface area contributed by atoms with Crippen LogP contribution >= 0.6 is 0 Å². The van der Waals surface area contributed by atoms with Crippen LogP contribution in [-0.4, -0.2) is 22.4 Å². The van der Waals surface area contributed by atoms with Gasteiger partial charge in [-0.1, -0.05) is 0 Å². The van der Waals surface area contributed by atoms with Crippen molar-refractivity contribution in [3.8, 4) is 0 Å². The van der Waals surface area contributed by atoms with E-state index in [-0.39, 0.29) is 0 Å². The highest BCUT2D eigenvalue weighted by molar-refractivity contribution is 5.58. The molecule has 0 unspecified atom stereocenters. The average Bonchev–Trinajstić information content (AvgIpc) is 2.34. The zero-order chi connectivity index (χ0) is 9.84. The lowest BCUT2D eigenvalue weighted by Gasteiger charge is -2.09. The zero-order valence-electron chi connectivity index (χ0n) is 8.46. The van der Waals surface area contributed by atoms with E-state index in [0.717, 1.165) is 0 Å². The fourth-order valence-corrected chi connectivity index (χ4v) is 0.925. The number of aromatic nitrogens is 2. The Labute approximate surface area is 77.9 Å². The predicted octanol–water partition coefficient (Wildman–Crippen LogP) is 1.71. The van der Waals surface area contributed by atoms with E-state index in [0.29, 0.717) is 23.7 Å². The predicted molar refractivity (Wildman–Crippen MR) is 51.8 cm³/mol. The van der Waals surface area contributed by atoms with Gasteiger partial charge in [0.2, 0.25) is 11.6 Å². The van der Waals surface area contributed by atoms with Gasteiger partial charge in [0, 0.05) is 12.1 Å². The molecule has 1 rings (SSSR count). The molecule has 0 aliphatic rings. The molecule has 0 atom stereocenters. The quantitative estimate of drug-likeness (QED) is 0.745. The van der Waals surface area contributed by atoms with E-state index in [4.69, 9.17) is 0 Å². The molecule has 0 spiro atoms. The van der Waals surface area contributed by atoms with Gasteiger partial charge >= 0.3 is 0 Å². The van der Waals surface area contributed by atoms with Crippen molar-refractivity contribution in [3.05, 3.63) is 0 Å². The van der Waals surface area contributed by atoms with Crippen molar-refractivity contribution in [2.75, 3.05) is 10.6 Å². The molecular formula is C8H16N4O. The normalized spacial score (nSPS) is 10.9. The molecule has 0 aliphatic heterocycles. The van der Waals surface area contributed by atoms with E-state index in [2.05, 4.69) is 25.6 Å². The Morgan fingerprint density at radius 2 is 1.31 bits per heavy atom. The molecule has 2 N–H and O–H groups in total. The third-order valence-electron chi connectivity index (χ3n) is 1.34. The molecule has 1 aromatic heterocycles. The van der Waals surface area contributed by atoms with Gasteiger partial charge in [0.1, 0.15) is 0 Å². The topological polar surface area (TPSA) is 63.0 Å². The molecule has 0 aliphatic carbocycles. The lowest BCUT2D eigenvalue weighted by Crippen LogP contribution is -2.15. The summed E-state index contributed by atoms with van der Waals surface area (Å²) in [5, 5.41) is 13.8. The fourth-order valence-electron chi connectivity index (χ4n) is 0.925. The van der Waals surface area contributed by atoms with Crippen LogP contribution in [0.4, 0.5) is 11.6 Å². The molecule has 5 nitrogen and oxygen atoms in total. The second-order valence-electron chi connectivity index (χ2n) is 3.56. The van der Waals surface area contributed by atoms with E-state index < -0.39 is 0 Å². The monoisotopic (exact) mass is 184 g/mol. The Kier molecular flexibility index (Phi) is 3.11. The number of hydrogen-bond donors (Lipinski definition) is 2. The number of nitrogens with zero attached hydrogens (tertiary/aromatic N) is 2. The molecule has 0 fully saturated rings. The summed E-state index contributed by atoms with van der Waals surface area (Å²) in [6.45, 7) is 8.14.